The van der Waals surface area contributed by atoms with Crippen LogP contribution in [0, 0.1) is 5.41 Å². The molecule has 2 aromatic heterocycles. The van der Waals surface area contributed by atoms with E-state index in [0.717, 1.165) is 10.9 Å². The second-order valence-corrected chi connectivity index (χ2v) is 20.6. The van der Waals surface area contributed by atoms with Gasteiger partial charge >= 0.3 is 0 Å². The van der Waals surface area contributed by atoms with Crippen molar-refractivity contribution in [3.63, 3.8) is 0 Å². The van der Waals surface area contributed by atoms with Gasteiger partial charge in [0.25, 0.3) is 0 Å². The molecule has 13 N–H and O–H groups in total. The summed E-state index contributed by atoms with van der Waals surface area (Å²) >= 11 is 0. The lowest BCUT2D eigenvalue weighted by Crippen LogP contribution is -2.61. The van der Waals surface area contributed by atoms with E-state index >= 15 is 4.79 Å². The molecule has 2 aromatic carbocycles. The fourth-order valence-corrected chi connectivity index (χ4v) is 10.6. The molecule has 3 fully saturated rings. The molecule has 0 saturated carbocycles. The first-order valence-electron chi connectivity index (χ1n) is 27.3. The Kier molecular flexibility index (Phi) is 20.9. The van der Waals surface area contributed by atoms with Crippen LogP contribution >= 0.6 is 0 Å². The Morgan fingerprint density at radius 3 is 2.00 bits per heavy atom. The normalized spacial score (nSPS) is 24.1. The van der Waals surface area contributed by atoms with Crippen molar-refractivity contribution >= 4 is 75.8 Å². The molecule has 0 spiro atoms. The maximum Gasteiger partial charge on any atom is 0.245 e. The number of H-pyrrole nitrogens is 2. The number of para-hydroxylation sites is 1. The number of carbonyl (C=O) groups is 10. The molecule has 0 radical (unpaired) electrons. The van der Waals surface area contributed by atoms with Crippen LogP contribution in [0.25, 0.3) is 10.9 Å². The van der Waals surface area contributed by atoms with Gasteiger partial charge in [-0.15, -0.1) is 0 Å². The van der Waals surface area contributed by atoms with Crippen LogP contribution in [0.15, 0.2) is 73.3 Å². The SMILES string of the molecule is CC(=O)N[C@H]1CCCNC(=O)CC[C@@H](C(=O)N2CCC[C@H]2C(=O)N2CCC[C@H]2C(C)=O)NC(=O)[C@H](Cc2c[nH]c3ccccc23)NC(=O)[C@H](CCCNC(=N)N)NC(=O)[C@@H](Cc2ccccc2)NC(=O)[C@H](Cc2c[nH]cn2)NC1=O. The molecule has 0 unspecified atom stereocenters. The van der Waals surface area contributed by atoms with Crippen molar-refractivity contribution in [3.05, 3.63) is 90.1 Å². The van der Waals surface area contributed by atoms with Crippen LogP contribution in [0.5, 0.6) is 0 Å². The van der Waals surface area contributed by atoms with Gasteiger partial charge in [-0.25, -0.2) is 4.98 Å². The zero-order valence-electron chi connectivity index (χ0n) is 45.1. The van der Waals surface area contributed by atoms with E-state index < -0.39 is 95.6 Å². The molecule has 80 heavy (non-hydrogen) atoms. The Bertz CT molecular complexity index is 2880. The van der Waals surface area contributed by atoms with Crippen molar-refractivity contribution in [3.8, 4) is 0 Å². The average Bonchev–Trinajstić information content (AvgIpc) is 4.30. The van der Waals surface area contributed by atoms with Gasteiger partial charge in [0.15, 0.2) is 11.7 Å². The van der Waals surface area contributed by atoms with E-state index in [1.807, 2.05) is 24.3 Å². The quantitative estimate of drug-likeness (QED) is 0.0426. The van der Waals surface area contributed by atoms with Gasteiger partial charge in [-0.2, -0.15) is 0 Å². The Morgan fingerprint density at radius 2 is 1.31 bits per heavy atom. The van der Waals surface area contributed by atoms with E-state index in [1.165, 1.54) is 36.2 Å². The molecule has 5 heterocycles. The third-order valence-corrected chi connectivity index (χ3v) is 14.7. The largest absolute Gasteiger partial charge is 0.370 e. The number of amides is 9. The zero-order valence-corrected chi connectivity index (χ0v) is 45.1. The summed E-state index contributed by atoms with van der Waals surface area (Å²) in [6.07, 6.45) is 5.85. The van der Waals surface area contributed by atoms with Gasteiger partial charge in [-0.3, -0.25) is 53.4 Å². The maximum absolute atomic E-state index is 15.1. The number of nitrogens with one attached hydrogen (secondary N) is 11. The van der Waals surface area contributed by atoms with Crippen LogP contribution < -0.4 is 48.3 Å². The van der Waals surface area contributed by atoms with E-state index in [2.05, 4.69) is 57.5 Å². The lowest BCUT2D eigenvalue weighted by molar-refractivity contribution is -0.147. The zero-order chi connectivity index (χ0) is 57.3. The predicted octanol–water partition coefficient (Wildman–Crippen LogP) is -0.628. The van der Waals surface area contributed by atoms with E-state index in [-0.39, 0.29) is 95.1 Å². The third kappa shape index (κ3) is 16.2. The Labute approximate surface area is 462 Å². The number of benzene rings is 2. The summed E-state index contributed by atoms with van der Waals surface area (Å²) in [5.41, 5.74) is 7.95. The molecule has 3 saturated heterocycles. The van der Waals surface area contributed by atoms with Gasteiger partial charge in [0.2, 0.25) is 53.2 Å². The highest BCUT2D eigenvalue weighted by molar-refractivity contribution is 5.99. The topological polar surface area (TPSA) is 368 Å². The van der Waals surface area contributed by atoms with Crippen LogP contribution in [0.1, 0.15) is 94.9 Å². The minimum atomic E-state index is -1.43. The molecule has 9 amide bonds. The number of hydrogen-bond donors (Lipinski definition) is 12. The number of likely N-dealkylation sites (tertiary alicyclic amines) is 2. The van der Waals surface area contributed by atoms with Crippen LogP contribution in [0.4, 0.5) is 0 Å². The fourth-order valence-electron chi connectivity index (χ4n) is 10.6. The first-order chi connectivity index (χ1) is 38.4. The first-order valence-corrected chi connectivity index (χ1v) is 27.3. The average molecular weight is 1100 g/mol. The molecule has 428 valence electrons. The van der Waals surface area contributed by atoms with Gasteiger partial charge in [-0.05, 0) is 81.9 Å². The van der Waals surface area contributed by atoms with Gasteiger partial charge in [0.05, 0.1) is 18.1 Å². The lowest BCUT2D eigenvalue weighted by Gasteiger charge is -2.33. The molecular weight excluding hydrogens is 1030 g/mol. The monoisotopic (exact) mass is 1100 g/mol. The summed E-state index contributed by atoms with van der Waals surface area (Å²) in [4.78, 5) is 154. The number of rotatable bonds is 14. The molecule has 4 aromatic rings. The molecule has 3 aliphatic heterocycles. The minimum Gasteiger partial charge on any atom is -0.370 e. The molecule has 0 bridgehead atoms. The molecule has 0 aliphatic carbocycles. The van der Waals surface area contributed by atoms with Crippen LogP contribution in [0.3, 0.4) is 0 Å². The maximum atomic E-state index is 15.1. The summed E-state index contributed by atoms with van der Waals surface area (Å²) < 4.78 is 0. The number of carbonyl (C=O) groups excluding carboxylic acids is 10. The van der Waals surface area contributed by atoms with Crippen molar-refractivity contribution in [2.24, 2.45) is 5.73 Å². The van der Waals surface area contributed by atoms with Crippen LogP contribution in [-0.4, -0.2) is 164 Å². The van der Waals surface area contributed by atoms with Crippen LogP contribution in [0.2, 0.25) is 0 Å². The number of fused-ring (bicyclic) bond motifs is 1. The molecular formula is C55H73N15O10. The lowest BCUT2D eigenvalue weighted by atomic mass is 10.0. The fraction of sp³-hybridized carbons (Fsp3) is 0.491. The Morgan fingerprint density at radius 1 is 0.688 bits per heavy atom. The standard InChI is InChI=1S/C55H73N15O10/c1-32(71)45-18-10-24-69(45)54(80)46-19-11-25-70(46)53(79)41-20-21-47(73)59-22-8-16-39(63-33(2)72)48(74)68-44(28-36-30-58-31-62-36)52(78)66-42(26-34-12-4-3-5-13-34)50(76)64-40(17-9-23-60-55(56)57)49(75)67-43(51(77)65-41)27-35-29-61-38-15-7-6-14-37(35)38/h3-7,12-15,29-31,39-46,61H,8-11,16-28H2,1-2H3,(H,58,62)(H,59,73)(H,63,72)(H,64,76)(H,65,77)(H,66,78)(H,67,75)(H,68,74)(H4,56,57,60)/t39-,40-,41-,42+,43-,44-,45-,46-/m0/s1. The number of guanidine groups is 1. The van der Waals surface area contributed by atoms with Crippen LogP contribution in [-0.2, 0) is 67.2 Å². The smallest absolute Gasteiger partial charge is 0.245 e. The van der Waals surface area contributed by atoms with E-state index in [1.54, 1.807) is 36.5 Å². The summed E-state index contributed by atoms with van der Waals surface area (Å²) in [7, 11) is 0. The van der Waals surface area contributed by atoms with Crippen molar-refractivity contribution in [2.75, 3.05) is 26.2 Å². The minimum absolute atomic E-state index is 0.00664. The van der Waals surface area contributed by atoms with E-state index in [9.17, 15) is 43.2 Å². The van der Waals surface area contributed by atoms with Crippen molar-refractivity contribution in [1.82, 2.24) is 67.3 Å². The number of nitrogens with zero attached hydrogens (tertiary/aromatic N) is 3. The second kappa shape index (κ2) is 28.3. The Hall–Kier alpha value is -8.64. The molecule has 3 aliphatic rings. The Balaban J connectivity index is 1.26. The van der Waals surface area contributed by atoms with Gasteiger partial charge in [-0.1, -0.05) is 48.5 Å². The van der Waals surface area contributed by atoms with E-state index in [0.29, 0.717) is 49.0 Å². The van der Waals surface area contributed by atoms with Crippen molar-refractivity contribution in [2.45, 2.75) is 146 Å². The third-order valence-electron chi connectivity index (χ3n) is 14.7. The van der Waals surface area contributed by atoms with Gasteiger partial charge < -0.3 is 68.0 Å². The summed E-state index contributed by atoms with van der Waals surface area (Å²) in [5.74, 6) is -6.57. The number of imidazole rings is 1. The number of hydrogen-bond acceptors (Lipinski definition) is 12. The highest BCUT2D eigenvalue weighted by Gasteiger charge is 2.44. The van der Waals surface area contributed by atoms with Crippen molar-refractivity contribution in [1.29, 1.82) is 5.41 Å². The highest BCUT2D eigenvalue weighted by atomic mass is 16.2. The second-order valence-electron chi connectivity index (χ2n) is 20.6. The molecule has 25 heteroatoms. The first kappa shape index (κ1) is 59.0. The number of Topliss-reactive ketones (excluding diaryl/α,β-unsaturated/α-hetero) is 1. The summed E-state index contributed by atoms with van der Waals surface area (Å²) in [6.45, 7) is 3.27. The number of ketones is 1. The molecule has 7 rings (SSSR count). The predicted molar refractivity (Wildman–Crippen MR) is 292 cm³/mol. The number of nitrogens with two attached hydrogens (primary N) is 1. The van der Waals surface area contributed by atoms with Gasteiger partial charge in [0, 0.05) is 82.1 Å². The molecule has 8 atom stereocenters. The summed E-state index contributed by atoms with van der Waals surface area (Å²) in [6, 6.07) is 6.37. The van der Waals surface area contributed by atoms with Crippen molar-refractivity contribution < 1.29 is 47.9 Å². The number of aromatic nitrogens is 3. The summed E-state index contributed by atoms with van der Waals surface area (Å²) in [5, 5.41) is 30.5. The highest BCUT2D eigenvalue weighted by Crippen LogP contribution is 2.27. The van der Waals surface area contributed by atoms with E-state index in [4.69, 9.17) is 11.1 Å². The molecule has 25 nitrogen and oxygen atoms in total. The number of aromatic amines is 2. The van der Waals surface area contributed by atoms with Gasteiger partial charge in [0.1, 0.15) is 42.3 Å².